The number of ether oxygens (including phenoxy) is 1. The van der Waals surface area contributed by atoms with Crippen LogP contribution in [0.5, 0.6) is 5.75 Å². The van der Waals surface area contributed by atoms with Crippen LogP contribution in [0.1, 0.15) is 96.5 Å². The lowest BCUT2D eigenvalue weighted by Crippen LogP contribution is -2.19. The van der Waals surface area contributed by atoms with E-state index in [0.717, 1.165) is 18.3 Å². The average molecular weight is 457 g/mol. The van der Waals surface area contributed by atoms with Crippen LogP contribution >= 0.6 is 0 Å². The molecular formula is C30H42F2O. The highest BCUT2D eigenvalue weighted by Crippen LogP contribution is 2.38. The summed E-state index contributed by atoms with van der Waals surface area (Å²) < 4.78 is 33.3. The topological polar surface area (TPSA) is 9.23 Å². The number of benzene rings is 1. The van der Waals surface area contributed by atoms with Crippen LogP contribution in [-0.2, 0) is 6.42 Å². The Morgan fingerprint density at radius 3 is 2.36 bits per heavy atom. The molecule has 1 aromatic carbocycles. The van der Waals surface area contributed by atoms with E-state index in [4.69, 9.17) is 4.74 Å². The SMILES string of the molecule is CCCCCCC1=CCC(C2CC=C(/C=C/CCc3ccc(OCC)c(F)c3F)CC2)CC1. The van der Waals surface area contributed by atoms with Gasteiger partial charge in [-0.1, -0.05) is 67.7 Å². The number of rotatable bonds is 12. The smallest absolute Gasteiger partial charge is 0.200 e. The van der Waals surface area contributed by atoms with Crippen molar-refractivity contribution in [3.63, 3.8) is 0 Å². The highest BCUT2D eigenvalue weighted by atomic mass is 19.2. The minimum atomic E-state index is -0.875. The fourth-order valence-electron chi connectivity index (χ4n) is 5.30. The lowest BCUT2D eigenvalue weighted by Gasteiger charge is -2.32. The first-order chi connectivity index (χ1) is 16.1. The summed E-state index contributed by atoms with van der Waals surface area (Å²) in [4.78, 5) is 0. The summed E-state index contributed by atoms with van der Waals surface area (Å²) in [5.74, 6) is 0.0118. The standard InChI is InChI=1S/C30H42F2O/c1-3-5-6-7-10-23-13-17-25(18-14-23)26-19-15-24(16-20-26)11-8-9-12-27-21-22-28(33-4-2)30(32)29(27)31/h8,11,13,15,21-22,25-26H,3-7,9-10,12,14,16-20H2,1-2H3/b11-8+. The van der Waals surface area contributed by atoms with Crippen molar-refractivity contribution in [1.82, 2.24) is 0 Å². The van der Waals surface area contributed by atoms with Crippen LogP contribution < -0.4 is 4.74 Å². The van der Waals surface area contributed by atoms with Gasteiger partial charge in [-0.3, -0.25) is 0 Å². The molecule has 0 saturated heterocycles. The van der Waals surface area contributed by atoms with E-state index in [2.05, 4.69) is 31.2 Å². The van der Waals surface area contributed by atoms with Gasteiger partial charge in [-0.05, 0) is 94.6 Å². The summed E-state index contributed by atoms with van der Waals surface area (Å²) in [5.41, 5.74) is 3.52. The molecule has 1 nitrogen and oxygen atoms in total. The van der Waals surface area contributed by atoms with Crippen molar-refractivity contribution in [3.05, 3.63) is 64.8 Å². The molecule has 0 saturated carbocycles. The van der Waals surface area contributed by atoms with Crippen molar-refractivity contribution in [2.45, 2.75) is 97.3 Å². The Labute approximate surface area is 200 Å². The monoisotopic (exact) mass is 456 g/mol. The maximum atomic E-state index is 14.2. The highest BCUT2D eigenvalue weighted by molar-refractivity contribution is 5.31. The zero-order valence-electron chi connectivity index (χ0n) is 20.7. The summed E-state index contributed by atoms with van der Waals surface area (Å²) in [7, 11) is 0. The Morgan fingerprint density at radius 1 is 0.909 bits per heavy atom. The van der Waals surface area contributed by atoms with Gasteiger partial charge in [0.15, 0.2) is 11.6 Å². The van der Waals surface area contributed by atoms with Gasteiger partial charge in [-0.25, -0.2) is 4.39 Å². The summed E-state index contributed by atoms with van der Waals surface area (Å²) in [6.07, 6.45) is 24.8. The molecule has 3 heteroatoms. The molecule has 0 spiro atoms. The van der Waals surface area contributed by atoms with E-state index in [1.807, 2.05) is 0 Å². The normalized spacial score (nSPS) is 21.2. The van der Waals surface area contributed by atoms with Crippen LogP contribution in [0.3, 0.4) is 0 Å². The third-order valence-corrected chi connectivity index (χ3v) is 7.39. The van der Waals surface area contributed by atoms with E-state index in [9.17, 15) is 8.78 Å². The number of aryl methyl sites for hydroxylation is 1. The van der Waals surface area contributed by atoms with E-state index in [0.29, 0.717) is 25.0 Å². The van der Waals surface area contributed by atoms with Gasteiger partial charge in [-0.15, -0.1) is 0 Å². The average Bonchev–Trinajstić information content (AvgIpc) is 2.84. The van der Waals surface area contributed by atoms with Gasteiger partial charge in [0.2, 0.25) is 5.82 Å². The quantitative estimate of drug-likeness (QED) is 0.225. The molecule has 0 N–H and O–H groups in total. The number of halogens is 2. The molecule has 182 valence electrons. The zero-order chi connectivity index (χ0) is 23.5. The van der Waals surface area contributed by atoms with Crippen LogP contribution in [0.25, 0.3) is 0 Å². The van der Waals surface area contributed by atoms with Crippen molar-refractivity contribution in [3.8, 4) is 5.75 Å². The van der Waals surface area contributed by atoms with E-state index in [-0.39, 0.29) is 5.75 Å². The number of allylic oxidation sites excluding steroid dienone is 6. The molecule has 0 heterocycles. The molecular weight excluding hydrogens is 414 g/mol. The summed E-state index contributed by atoms with van der Waals surface area (Å²) in [6.45, 7) is 4.36. The van der Waals surface area contributed by atoms with E-state index < -0.39 is 11.6 Å². The minimum absolute atomic E-state index is 0.00661. The third-order valence-electron chi connectivity index (χ3n) is 7.39. The summed E-state index contributed by atoms with van der Waals surface area (Å²) in [5, 5.41) is 0. The van der Waals surface area contributed by atoms with Crippen LogP contribution in [-0.4, -0.2) is 6.61 Å². The summed E-state index contributed by atoms with van der Waals surface area (Å²) >= 11 is 0. The Hall–Kier alpha value is -1.90. The molecule has 33 heavy (non-hydrogen) atoms. The van der Waals surface area contributed by atoms with E-state index >= 15 is 0 Å². The minimum Gasteiger partial charge on any atom is -0.491 e. The largest absolute Gasteiger partial charge is 0.491 e. The molecule has 3 rings (SSSR count). The first-order valence-electron chi connectivity index (χ1n) is 13.3. The van der Waals surface area contributed by atoms with Gasteiger partial charge >= 0.3 is 0 Å². The van der Waals surface area contributed by atoms with Crippen molar-refractivity contribution in [1.29, 1.82) is 0 Å². The predicted octanol–water partition coefficient (Wildman–Crippen LogP) is 9.28. The second-order valence-electron chi connectivity index (χ2n) is 9.75. The lowest BCUT2D eigenvalue weighted by atomic mass is 9.74. The van der Waals surface area contributed by atoms with Crippen molar-refractivity contribution < 1.29 is 13.5 Å². The maximum absolute atomic E-state index is 14.2. The zero-order valence-corrected chi connectivity index (χ0v) is 20.7. The molecule has 2 aliphatic carbocycles. The van der Waals surface area contributed by atoms with E-state index in [1.54, 1.807) is 18.6 Å². The molecule has 0 bridgehead atoms. The van der Waals surface area contributed by atoms with Crippen molar-refractivity contribution in [2.75, 3.05) is 6.61 Å². The maximum Gasteiger partial charge on any atom is 0.200 e. The summed E-state index contributed by atoms with van der Waals surface area (Å²) in [6, 6.07) is 3.16. The van der Waals surface area contributed by atoms with Gasteiger partial charge in [0.1, 0.15) is 0 Å². The first-order valence-corrected chi connectivity index (χ1v) is 13.3. The van der Waals surface area contributed by atoms with Gasteiger partial charge in [-0.2, -0.15) is 4.39 Å². The van der Waals surface area contributed by atoms with Crippen molar-refractivity contribution >= 4 is 0 Å². The molecule has 0 radical (unpaired) electrons. The number of hydrogen-bond acceptors (Lipinski definition) is 1. The molecule has 0 aliphatic heterocycles. The van der Waals surface area contributed by atoms with E-state index in [1.165, 1.54) is 75.8 Å². The van der Waals surface area contributed by atoms with Crippen molar-refractivity contribution in [2.24, 2.45) is 11.8 Å². The molecule has 1 aromatic rings. The van der Waals surface area contributed by atoms with Crippen LogP contribution in [0, 0.1) is 23.5 Å². The molecule has 2 unspecified atom stereocenters. The van der Waals surface area contributed by atoms with Gasteiger partial charge in [0.25, 0.3) is 0 Å². The fraction of sp³-hybridized carbons (Fsp3) is 0.600. The molecule has 2 aliphatic rings. The van der Waals surface area contributed by atoms with Gasteiger partial charge in [0.05, 0.1) is 6.61 Å². The Kier molecular flexibility index (Phi) is 10.7. The fourth-order valence-corrected chi connectivity index (χ4v) is 5.30. The number of unbranched alkanes of at least 4 members (excludes halogenated alkanes) is 3. The first kappa shape index (κ1) is 25.7. The van der Waals surface area contributed by atoms with Gasteiger partial charge < -0.3 is 4.74 Å². The highest BCUT2D eigenvalue weighted by Gasteiger charge is 2.25. The second kappa shape index (κ2) is 13.7. The lowest BCUT2D eigenvalue weighted by molar-refractivity contribution is 0.281. The Balaban J connectivity index is 1.40. The number of hydrogen-bond donors (Lipinski definition) is 0. The predicted molar refractivity (Wildman–Crippen MR) is 135 cm³/mol. The molecule has 0 amide bonds. The molecule has 2 atom stereocenters. The van der Waals surface area contributed by atoms with Crippen LogP contribution in [0.4, 0.5) is 8.78 Å². The van der Waals surface area contributed by atoms with Crippen LogP contribution in [0.2, 0.25) is 0 Å². The van der Waals surface area contributed by atoms with Gasteiger partial charge in [0, 0.05) is 0 Å². The van der Waals surface area contributed by atoms with Crippen LogP contribution in [0.15, 0.2) is 47.6 Å². The Bertz CT molecular complexity index is 836. The molecule has 0 aromatic heterocycles. The third kappa shape index (κ3) is 7.83. The Morgan fingerprint density at radius 2 is 1.70 bits per heavy atom. The molecule has 0 fully saturated rings. The second-order valence-corrected chi connectivity index (χ2v) is 9.75.